The molecule has 0 saturated heterocycles. The van der Waals surface area contributed by atoms with Crippen LogP contribution in [0.4, 0.5) is 24.9 Å². The Kier molecular flexibility index (Phi) is 3.71. The molecule has 0 spiro atoms. The molecule has 0 aliphatic heterocycles. The first kappa shape index (κ1) is 14.4. The van der Waals surface area contributed by atoms with E-state index in [1.807, 2.05) is 0 Å². The van der Waals surface area contributed by atoms with E-state index in [1.165, 1.54) is 12.1 Å². The molecule has 2 aromatic rings. The lowest BCUT2D eigenvalue weighted by atomic mass is 10.1. The average molecular weight is 303 g/mol. The van der Waals surface area contributed by atoms with Gasteiger partial charge in [-0.05, 0) is 18.2 Å². The van der Waals surface area contributed by atoms with Gasteiger partial charge in [0, 0.05) is 23.7 Å². The number of alkyl halides is 3. The van der Waals surface area contributed by atoms with E-state index in [-0.39, 0.29) is 22.2 Å². The van der Waals surface area contributed by atoms with Gasteiger partial charge in [0.25, 0.3) is 0 Å². The van der Waals surface area contributed by atoms with Crippen LogP contribution < -0.4 is 11.1 Å². The van der Waals surface area contributed by atoms with E-state index in [2.05, 4.69) is 15.3 Å². The zero-order chi connectivity index (χ0) is 14.9. The van der Waals surface area contributed by atoms with Crippen LogP contribution in [0.1, 0.15) is 5.56 Å². The Morgan fingerprint density at radius 3 is 2.50 bits per heavy atom. The van der Waals surface area contributed by atoms with E-state index in [1.54, 1.807) is 7.05 Å². The minimum Gasteiger partial charge on any atom is -0.373 e. The molecule has 0 atom stereocenters. The Labute approximate surface area is 117 Å². The molecule has 1 aromatic carbocycles. The molecule has 0 bridgehead atoms. The summed E-state index contributed by atoms with van der Waals surface area (Å²) in [5.41, 5.74) is 5.08. The summed E-state index contributed by atoms with van der Waals surface area (Å²) in [6.45, 7) is 0. The van der Waals surface area contributed by atoms with Crippen molar-refractivity contribution in [1.29, 1.82) is 0 Å². The van der Waals surface area contributed by atoms with Crippen LogP contribution in [-0.2, 0) is 6.18 Å². The summed E-state index contributed by atoms with van der Waals surface area (Å²) >= 11 is 5.94. The van der Waals surface area contributed by atoms with Gasteiger partial charge in [0.2, 0.25) is 5.95 Å². The molecule has 4 nitrogen and oxygen atoms in total. The number of anilines is 2. The van der Waals surface area contributed by atoms with E-state index in [9.17, 15) is 13.2 Å². The fourth-order valence-electron chi connectivity index (χ4n) is 1.63. The van der Waals surface area contributed by atoms with Gasteiger partial charge < -0.3 is 11.1 Å². The first-order valence-electron chi connectivity index (χ1n) is 5.50. The van der Waals surface area contributed by atoms with Crippen LogP contribution >= 0.6 is 11.6 Å². The molecule has 0 fully saturated rings. The molecule has 8 heteroatoms. The van der Waals surface area contributed by atoms with Crippen molar-refractivity contribution in [3.8, 4) is 11.3 Å². The number of benzene rings is 1. The molecular weight excluding hydrogens is 293 g/mol. The number of hydrogen-bond donors (Lipinski definition) is 2. The van der Waals surface area contributed by atoms with Gasteiger partial charge in [-0.2, -0.15) is 18.2 Å². The van der Waals surface area contributed by atoms with E-state index in [0.717, 1.165) is 12.1 Å². The summed E-state index contributed by atoms with van der Waals surface area (Å²) in [6.07, 6.45) is -4.45. The number of nitrogens with zero attached hydrogens (tertiary/aromatic N) is 2. The lowest BCUT2D eigenvalue weighted by Crippen LogP contribution is -2.06. The lowest BCUT2D eigenvalue weighted by molar-refractivity contribution is -0.137. The highest BCUT2D eigenvalue weighted by atomic mass is 35.5. The molecule has 0 amide bonds. The molecule has 2 rings (SSSR count). The van der Waals surface area contributed by atoms with Gasteiger partial charge in [0.15, 0.2) is 0 Å². The summed E-state index contributed by atoms with van der Waals surface area (Å²) in [7, 11) is 1.61. The van der Waals surface area contributed by atoms with Crippen LogP contribution in [0.25, 0.3) is 11.3 Å². The van der Waals surface area contributed by atoms with Crippen LogP contribution in [0.15, 0.2) is 24.3 Å². The maximum Gasteiger partial charge on any atom is 0.416 e. The quantitative estimate of drug-likeness (QED) is 0.892. The van der Waals surface area contributed by atoms with Crippen molar-refractivity contribution in [1.82, 2.24) is 9.97 Å². The van der Waals surface area contributed by atoms with Crippen molar-refractivity contribution < 1.29 is 13.2 Å². The van der Waals surface area contributed by atoms with Gasteiger partial charge in [-0.15, -0.1) is 0 Å². The largest absolute Gasteiger partial charge is 0.416 e. The zero-order valence-electron chi connectivity index (χ0n) is 10.3. The van der Waals surface area contributed by atoms with Crippen LogP contribution in [0.5, 0.6) is 0 Å². The van der Waals surface area contributed by atoms with Crippen LogP contribution in [-0.4, -0.2) is 17.0 Å². The molecular formula is C12H10ClF3N4. The Hall–Kier alpha value is -2.02. The second kappa shape index (κ2) is 5.16. The van der Waals surface area contributed by atoms with Gasteiger partial charge in [-0.3, -0.25) is 0 Å². The number of rotatable bonds is 2. The van der Waals surface area contributed by atoms with E-state index in [0.29, 0.717) is 5.82 Å². The highest BCUT2D eigenvalue weighted by Gasteiger charge is 2.31. The predicted molar refractivity (Wildman–Crippen MR) is 71.4 cm³/mol. The lowest BCUT2D eigenvalue weighted by Gasteiger charge is -2.11. The molecule has 1 heterocycles. The monoisotopic (exact) mass is 302 g/mol. The van der Waals surface area contributed by atoms with E-state index < -0.39 is 11.7 Å². The van der Waals surface area contributed by atoms with Gasteiger partial charge in [0.05, 0.1) is 11.3 Å². The molecule has 3 N–H and O–H groups in total. The van der Waals surface area contributed by atoms with E-state index >= 15 is 0 Å². The molecule has 106 valence electrons. The fraction of sp³-hybridized carbons (Fsp3) is 0.167. The summed E-state index contributed by atoms with van der Waals surface area (Å²) in [4.78, 5) is 7.78. The minimum absolute atomic E-state index is 0.0553. The predicted octanol–water partition coefficient (Wildman–Crippen LogP) is 3.44. The first-order chi connectivity index (χ1) is 9.31. The van der Waals surface area contributed by atoms with Crippen molar-refractivity contribution in [2.75, 3.05) is 18.1 Å². The third-order valence-electron chi connectivity index (χ3n) is 2.57. The van der Waals surface area contributed by atoms with Crippen molar-refractivity contribution in [2.45, 2.75) is 6.18 Å². The summed E-state index contributed by atoms with van der Waals surface area (Å²) in [5.74, 6) is 0.335. The van der Waals surface area contributed by atoms with Crippen molar-refractivity contribution in [3.05, 3.63) is 34.9 Å². The smallest absolute Gasteiger partial charge is 0.373 e. The number of hydrogen-bond acceptors (Lipinski definition) is 4. The van der Waals surface area contributed by atoms with Crippen molar-refractivity contribution in [3.63, 3.8) is 0 Å². The van der Waals surface area contributed by atoms with Gasteiger partial charge in [-0.1, -0.05) is 11.6 Å². The topological polar surface area (TPSA) is 63.8 Å². The third kappa shape index (κ3) is 2.93. The average Bonchev–Trinajstić information content (AvgIpc) is 2.37. The molecule has 0 radical (unpaired) electrons. The summed E-state index contributed by atoms with van der Waals surface area (Å²) in [6, 6.07) is 4.49. The fourth-order valence-corrected chi connectivity index (χ4v) is 1.84. The number of halogens is 4. The Morgan fingerprint density at radius 1 is 1.20 bits per heavy atom. The third-order valence-corrected chi connectivity index (χ3v) is 2.90. The van der Waals surface area contributed by atoms with E-state index in [4.69, 9.17) is 17.3 Å². The normalized spacial score (nSPS) is 11.4. The summed E-state index contributed by atoms with van der Waals surface area (Å²) in [5, 5.41) is 2.90. The molecule has 0 saturated carbocycles. The highest BCUT2D eigenvalue weighted by Crippen LogP contribution is 2.35. The Balaban J connectivity index is 2.60. The SMILES string of the molecule is CNc1cc(-c2cc(C(F)(F)F)ccc2Cl)nc(N)n1. The molecule has 20 heavy (non-hydrogen) atoms. The highest BCUT2D eigenvalue weighted by molar-refractivity contribution is 6.33. The molecule has 0 unspecified atom stereocenters. The van der Waals surface area contributed by atoms with Crippen molar-refractivity contribution >= 4 is 23.4 Å². The zero-order valence-corrected chi connectivity index (χ0v) is 11.0. The van der Waals surface area contributed by atoms with Crippen LogP contribution in [0, 0.1) is 0 Å². The molecule has 0 aliphatic carbocycles. The number of nitrogens with two attached hydrogens (primary N) is 1. The first-order valence-corrected chi connectivity index (χ1v) is 5.88. The number of nitrogen functional groups attached to an aromatic ring is 1. The van der Waals surface area contributed by atoms with Gasteiger partial charge in [0.1, 0.15) is 5.82 Å². The maximum absolute atomic E-state index is 12.7. The Bertz CT molecular complexity index is 643. The molecule has 0 aliphatic rings. The second-order valence-electron chi connectivity index (χ2n) is 3.94. The standard InChI is InChI=1S/C12H10ClF3N4/c1-18-10-5-9(19-11(17)20-10)7-4-6(12(14,15)16)2-3-8(7)13/h2-5H,1H3,(H3,17,18,19,20). The van der Waals surface area contributed by atoms with Crippen LogP contribution in [0.2, 0.25) is 5.02 Å². The maximum atomic E-state index is 12.7. The number of aromatic nitrogens is 2. The second-order valence-corrected chi connectivity index (χ2v) is 4.35. The number of nitrogens with one attached hydrogen (secondary N) is 1. The van der Waals surface area contributed by atoms with Gasteiger partial charge in [-0.25, -0.2) is 4.98 Å². The van der Waals surface area contributed by atoms with Crippen LogP contribution in [0.3, 0.4) is 0 Å². The van der Waals surface area contributed by atoms with Gasteiger partial charge >= 0.3 is 6.18 Å². The molecule has 1 aromatic heterocycles. The Morgan fingerprint density at radius 2 is 1.90 bits per heavy atom. The minimum atomic E-state index is -4.45. The van der Waals surface area contributed by atoms with Crippen molar-refractivity contribution in [2.24, 2.45) is 0 Å². The summed E-state index contributed by atoms with van der Waals surface area (Å²) < 4.78 is 38.2.